The van der Waals surface area contributed by atoms with Crippen LogP contribution >= 0.6 is 0 Å². The molecule has 0 spiro atoms. The zero-order valence-corrected chi connectivity index (χ0v) is 18.1. The van der Waals surface area contributed by atoms with Crippen LogP contribution in [0.3, 0.4) is 0 Å². The van der Waals surface area contributed by atoms with Crippen molar-refractivity contribution in [3.05, 3.63) is 59.2 Å². The van der Waals surface area contributed by atoms with Crippen LogP contribution in [0.4, 0.5) is 11.4 Å². The molecule has 1 aliphatic carbocycles. The van der Waals surface area contributed by atoms with Gasteiger partial charge in [-0.3, -0.25) is 9.59 Å². The summed E-state index contributed by atoms with van der Waals surface area (Å²) in [5, 5.41) is 5.57. The quantitative estimate of drug-likeness (QED) is 0.659. The van der Waals surface area contributed by atoms with E-state index in [1.807, 2.05) is 0 Å². The second-order valence-electron chi connectivity index (χ2n) is 7.64. The maximum absolute atomic E-state index is 12.8. The molecule has 0 aliphatic heterocycles. The van der Waals surface area contributed by atoms with Crippen LogP contribution in [0.25, 0.3) is 0 Å². The first kappa shape index (κ1) is 23.0. The molecule has 2 aromatic carbocycles. The van der Waals surface area contributed by atoms with Gasteiger partial charge in [-0.1, -0.05) is 25.3 Å². The van der Waals surface area contributed by atoms with E-state index < -0.39 is 17.8 Å². The second-order valence-corrected chi connectivity index (χ2v) is 7.64. The summed E-state index contributed by atoms with van der Waals surface area (Å²) in [4.78, 5) is 49.2. The molecule has 2 amide bonds. The fourth-order valence-electron chi connectivity index (χ4n) is 3.72. The normalized spacial score (nSPS) is 13.7. The summed E-state index contributed by atoms with van der Waals surface area (Å²) in [6, 6.07) is 10.7. The minimum absolute atomic E-state index is 0.000892. The predicted molar refractivity (Wildman–Crippen MR) is 119 cm³/mol. The highest BCUT2D eigenvalue weighted by Crippen LogP contribution is 2.25. The summed E-state index contributed by atoms with van der Waals surface area (Å²) in [6.07, 6.45) is 5.03. The lowest BCUT2D eigenvalue weighted by molar-refractivity contribution is -0.120. The van der Waals surface area contributed by atoms with E-state index in [0.717, 1.165) is 32.1 Å². The summed E-state index contributed by atoms with van der Waals surface area (Å²) in [7, 11) is 2.44. The molecule has 0 heterocycles. The maximum atomic E-state index is 12.8. The zero-order valence-electron chi connectivity index (χ0n) is 18.1. The van der Waals surface area contributed by atoms with Crippen LogP contribution in [-0.4, -0.2) is 38.0 Å². The van der Waals surface area contributed by atoms with Gasteiger partial charge in [0, 0.05) is 22.9 Å². The Morgan fingerprint density at radius 2 is 1.34 bits per heavy atom. The standard InChI is InChI=1S/C24H26N2O6/c1-31-23(29)17-11-18(24(30)32-2)14-20(13-17)26-22(28)16-9-6-10-19(12-16)25-21(27)15-7-4-3-5-8-15/h6,9-15H,3-5,7-8H2,1-2H3,(H,25,27)(H,26,28). The van der Waals surface area contributed by atoms with Crippen molar-refractivity contribution in [2.24, 2.45) is 5.92 Å². The molecule has 1 saturated carbocycles. The molecule has 0 bridgehead atoms. The van der Waals surface area contributed by atoms with E-state index in [9.17, 15) is 19.2 Å². The first-order valence-corrected chi connectivity index (χ1v) is 10.4. The average Bonchev–Trinajstić information content (AvgIpc) is 2.83. The molecular formula is C24H26N2O6. The number of carbonyl (C=O) groups is 4. The summed E-state index contributed by atoms with van der Waals surface area (Å²) in [5.74, 6) is -1.80. The minimum Gasteiger partial charge on any atom is -0.465 e. The van der Waals surface area contributed by atoms with E-state index >= 15 is 0 Å². The number of hydrogen-bond acceptors (Lipinski definition) is 6. The summed E-state index contributed by atoms with van der Waals surface area (Å²) in [6.45, 7) is 0. The third kappa shape index (κ3) is 5.72. The van der Waals surface area contributed by atoms with E-state index in [2.05, 4.69) is 10.6 Å². The molecule has 0 unspecified atom stereocenters. The number of nitrogens with one attached hydrogen (secondary N) is 2. The molecule has 0 atom stereocenters. The summed E-state index contributed by atoms with van der Waals surface area (Å²) < 4.78 is 9.42. The third-order valence-corrected chi connectivity index (χ3v) is 5.40. The Morgan fingerprint density at radius 1 is 0.750 bits per heavy atom. The van der Waals surface area contributed by atoms with Crippen LogP contribution in [0, 0.1) is 5.92 Å². The fraction of sp³-hybridized carbons (Fsp3) is 0.333. The Labute approximate surface area is 186 Å². The monoisotopic (exact) mass is 438 g/mol. The van der Waals surface area contributed by atoms with Gasteiger partial charge in [0.25, 0.3) is 5.91 Å². The van der Waals surface area contributed by atoms with Gasteiger partial charge in [0.15, 0.2) is 0 Å². The SMILES string of the molecule is COC(=O)c1cc(NC(=O)c2cccc(NC(=O)C3CCCCC3)c2)cc(C(=O)OC)c1. The highest BCUT2D eigenvalue weighted by Gasteiger charge is 2.21. The maximum Gasteiger partial charge on any atom is 0.337 e. The second kappa shape index (κ2) is 10.6. The van der Waals surface area contributed by atoms with Gasteiger partial charge in [-0.25, -0.2) is 9.59 Å². The molecule has 1 aliphatic rings. The number of amides is 2. The Kier molecular flexibility index (Phi) is 7.59. The molecule has 8 heteroatoms. The van der Waals surface area contributed by atoms with Crippen LogP contribution in [0.5, 0.6) is 0 Å². The average molecular weight is 438 g/mol. The summed E-state index contributed by atoms with van der Waals surface area (Å²) in [5.41, 5.74) is 1.27. The molecule has 1 fully saturated rings. The molecule has 0 saturated heterocycles. The number of benzene rings is 2. The Balaban J connectivity index is 1.76. The first-order valence-electron chi connectivity index (χ1n) is 10.4. The van der Waals surface area contributed by atoms with Crippen molar-refractivity contribution in [2.75, 3.05) is 24.9 Å². The largest absolute Gasteiger partial charge is 0.465 e. The van der Waals surface area contributed by atoms with Crippen molar-refractivity contribution in [1.29, 1.82) is 0 Å². The van der Waals surface area contributed by atoms with Gasteiger partial charge in [0.2, 0.25) is 5.91 Å². The van der Waals surface area contributed by atoms with E-state index in [1.165, 1.54) is 32.4 Å². The highest BCUT2D eigenvalue weighted by molar-refractivity contribution is 6.07. The zero-order chi connectivity index (χ0) is 23.1. The lowest BCUT2D eigenvalue weighted by atomic mass is 9.88. The van der Waals surface area contributed by atoms with E-state index in [1.54, 1.807) is 24.3 Å². The van der Waals surface area contributed by atoms with Gasteiger partial charge in [-0.05, 0) is 49.2 Å². The Morgan fingerprint density at radius 3 is 1.94 bits per heavy atom. The molecule has 2 N–H and O–H groups in total. The van der Waals surface area contributed by atoms with Crippen LogP contribution in [0.15, 0.2) is 42.5 Å². The topological polar surface area (TPSA) is 111 Å². The smallest absolute Gasteiger partial charge is 0.337 e. The number of methoxy groups -OCH3 is 2. The molecule has 0 radical (unpaired) electrons. The van der Waals surface area contributed by atoms with Gasteiger partial charge in [-0.15, -0.1) is 0 Å². The van der Waals surface area contributed by atoms with Crippen LogP contribution < -0.4 is 10.6 Å². The van der Waals surface area contributed by atoms with Gasteiger partial charge in [0.05, 0.1) is 25.3 Å². The number of carbonyl (C=O) groups excluding carboxylic acids is 4. The number of hydrogen-bond donors (Lipinski definition) is 2. The molecular weight excluding hydrogens is 412 g/mol. The fourth-order valence-corrected chi connectivity index (χ4v) is 3.72. The number of rotatable bonds is 6. The van der Waals surface area contributed by atoms with E-state index in [4.69, 9.17) is 9.47 Å². The Bertz CT molecular complexity index is 993. The van der Waals surface area contributed by atoms with Gasteiger partial charge in [0.1, 0.15) is 0 Å². The van der Waals surface area contributed by atoms with Crippen LogP contribution in [-0.2, 0) is 14.3 Å². The molecule has 0 aromatic heterocycles. The van der Waals surface area contributed by atoms with Crippen LogP contribution in [0.1, 0.15) is 63.2 Å². The predicted octanol–water partition coefficient (Wildman–Crippen LogP) is 4.03. The molecule has 2 aromatic rings. The van der Waals surface area contributed by atoms with Crippen molar-refractivity contribution in [2.45, 2.75) is 32.1 Å². The van der Waals surface area contributed by atoms with Crippen molar-refractivity contribution in [3.63, 3.8) is 0 Å². The third-order valence-electron chi connectivity index (χ3n) is 5.40. The molecule has 3 rings (SSSR count). The van der Waals surface area contributed by atoms with Gasteiger partial charge < -0.3 is 20.1 Å². The number of ether oxygens (including phenoxy) is 2. The first-order chi connectivity index (χ1) is 15.4. The van der Waals surface area contributed by atoms with Gasteiger partial charge in [-0.2, -0.15) is 0 Å². The van der Waals surface area contributed by atoms with Gasteiger partial charge >= 0.3 is 11.9 Å². The van der Waals surface area contributed by atoms with E-state index in [0.29, 0.717) is 11.3 Å². The van der Waals surface area contributed by atoms with Crippen molar-refractivity contribution >= 4 is 35.1 Å². The Hall–Kier alpha value is -3.68. The summed E-state index contributed by atoms with van der Waals surface area (Å²) >= 11 is 0. The lowest BCUT2D eigenvalue weighted by Gasteiger charge is -2.20. The molecule has 8 nitrogen and oxygen atoms in total. The van der Waals surface area contributed by atoms with Crippen molar-refractivity contribution in [3.8, 4) is 0 Å². The number of esters is 2. The number of anilines is 2. The molecule has 32 heavy (non-hydrogen) atoms. The lowest BCUT2D eigenvalue weighted by Crippen LogP contribution is -2.24. The highest BCUT2D eigenvalue weighted by atomic mass is 16.5. The van der Waals surface area contributed by atoms with Crippen molar-refractivity contribution in [1.82, 2.24) is 0 Å². The van der Waals surface area contributed by atoms with E-state index in [-0.39, 0.29) is 28.6 Å². The minimum atomic E-state index is -0.654. The van der Waals surface area contributed by atoms with Crippen LogP contribution in [0.2, 0.25) is 0 Å². The molecule has 168 valence electrons. The van der Waals surface area contributed by atoms with Crippen molar-refractivity contribution < 1.29 is 28.7 Å².